The molecule has 2 atom stereocenters. The number of aromatic nitrogens is 3. The van der Waals surface area contributed by atoms with Crippen molar-refractivity contribution >= 4 is 23.0 Å². The van der Waals surface area contributed by atoms with Crippen LogP contribution in [0.1, 0.15) is 21.5 Å². The van der Waals surface area contributed by atoms with Gasteiger partial charge in [0.15, 0.2) is 6.61 Å². The van der Waals surface area contributed by atoms with E-state index in [1.165, 1.54) is 18.2 Å². The highest BCUT2D eigenvalue weighted by molar-refractivity contribution is 5.97. The molecule has 2 fully saturated rings. The van der Waals surface area contributed by atoms with Gasteiger partial charge < -0.3 is 19.3 Å². The number of hydrogen-bond acceptors (Lipinski definition) is 7. The summed E-state index contributed by atoms with van der Waals surface area (Å²) in [6.45, 7) is -0.0378. The Balaban J connectivity index is 1.16. The predicted molar refractivity (Wildman–Crippen MR) is 121 cm³/mol. The van der Waals surface area contributed by atoms with E-state index < -0.39 is 18.9 Å². The highest BCUT2D eigenvalue weighted by Gasteiger charge is 2.43. The first-order valence-corrected chi connectivity index (χ1v) is 11.4. The lowest BCUT2D eigenvalue weighted by atomic mass is 10.0. The van der Waals surface area contributed by atoms with Gasteiger partial charge in [-0.05, 0) is 30.3 Å². The number of amides is 2. The highest BCUT2D eigenvalue weighted by atomic mass is 19.4. The molecule has 3 aromatic rings. The Morgan fingerprint density at radius 1 is 1.08 bits per heavy atom. The second-order valence-electron chi connectivity index (χ2n) is 9.07. The number of halogens is 3. The van der Waals surface area contributed by atoms with Crippen LogP contribution in [0.15, 0.2) is 36.4 Å². The van der Waals surface area contributed by atoms with Gasteiger partial charge in [-0.2, -0.15) is 18.4 Å². The van der Waals surface area contributed by atoms with Gasteiger partial charge in [0.05, 0.1) is 17.1 Å². The summed E-state index contributed by atoms with van der Waals surface area (Å²) in [6.07, 6.45) is -5.16. The summed E-state index contributed by atoms with van der Waals surface area (Å²) in [5.74, 6) is -0.0956. The number of carbonyl (C=O) groups excluding carboxylic acids is 2. The van der Waals surface area contributed by atoms with E-state index in [4.69, 9.17) is 14.7 Å². The van der Waals surface area contributed by atoms with E-state index >= 15 is 0 Å². The summed E-state index contributed by atoms with van der Waals surface area (Å²) >= 11 is 0. The molecule has 0 radical (unpaired) electrons. The summed E-state index contributed by atoms with van der Waals surface area (Å²) in [7, 11) is 0. The lowest BCUT2D eigenvalue weighted by molar-refractivity contribution is -0.153. The summed E-state index contributed by atoms with van der Waals surface area (Å²) in [4.78, 5) is 28.9. The summed E-state index contributed by atoms with van der Waals surface area (Å²) in [5.41, 5.74) is 2.21. The molecule has 37 heavy (non-hydrogen) atoms. The molecule has 1 N–H and O–H groups in total. The molecule has 2 aliphatic heterocycles. The van der Waals surface area contributed by atoms with E-state index in [9.17, 15) is 22.8 Å². The molecule has 1 aromatic heterocycles. The first-order valence-electron chi connectivity index (χ1n) is 11.4. The molecule has 13 heteroatoms. The van der Waals surface area contributed by atoms with Crippen molar-refractivity contribution in [3.8, 4) is 11.8 Å². The number of nitrogens with zero attached hydrogens (tertiary/aromatic N) is 5. The van der Waals surface area contributed by atoms with Crippen molar-refractivity contribution < 1.29 is 32.2 Å². The van der Waals surface area contributed by atoms with Crippen molar-refractivity contribution in [2.75, 3.05) is 32.8 Å². The van der Waals surface area contributed by atoms with Crippen LogP contribution < -0.4 is 4.74 Å². The standard InChI is InChI=1S/C24H21F3N6O4/c25-24(26,27)13-37-21-5-14(7-28)1-2-16(21)12-36-23(35)33-10-17-8-32(9-18(17)11-33)22(34)15-3-4-19-20(6-15)30-31-29-19/h1-6,17-18H,8-13H2,(H,29,30,31)/t17-,18-/m0/s1. The second kappa shape index (κ2) is 9.61. The molecular formula is C24H21F3N6O4. The van der Waals surface area contributed by atoms with Crippen LogP contribution in [0.4, 0.5) is 18.0 Å². The van der Waals surface area contributed by atoms with Crippen molar-refractivity contribution in [2.24, 2.45) is 11.8 Å². The van der Waals surface area contributed by atoms with Crippen LogP contribution in [0.2, 0.25) is 0 Å². The maximum Gasteiger partial charge on any atom is 0.422 e. The summed E-state index contributed by atoms with van der Waals surface area (Å²) < 4.78 is 48.0. The number of nitriles is 1. The Kier molecular flexibility index (Phi) is 6.32. The lowest BCUT2D eigenvalue weighted by Gasteiger charge is -2.22. The van der Waals surface area contributed by atoms with Gasteiger partial charge in [0.2, 0.25) is 0 Å². The minimum atomic E-state index is -4.55. The van der Waals surface area contributed by atoms with Crippen LogP contribution in [0.25, 0.3) is 11.0 Å². The van der Waals surface area contributed by atoms with Crippen molar-refractivity contribution in [3.63, 3.8) is 0 Å². The van der Waals surface area contributed by atoms with E-state index in [1.54, 1.807) is 28.0 Å². The molecule has 0 saturated carbocycles. The Bertz CT molecular complexity index is 1370. The molecule has 0 spiro atoms. The average molecular weight is 514 g/mol. The molecule has 2 amide bonds. The molecule has 10 nitrogen and oxygen atoms in total. The van der Waals surface area contributed by atoms with Crippen molar-refractivity contribution in [1.82, 2.24) is 25.2 Å². The van der Waals surface area contributed by atoms with E-state index in [0.29, 0.717) is 37.3 Å². The number of hydrogen-bond donors (Lipinski definition) is 1. The number of likely N-dealkylation sites (tertiary alicyclic amines) is 2. The zero-order valence-corrected chi connectivity index (χ0v) is 19.4. The quantitative estimate of drug-likeness (QED) is 0.555. The number of benzene rings is 2. The Morgan fingerprint density at radius 2 is 1.81 bits per heavy atom. The van der Waals surface area contributed by atoms with Crippen molar-refractivity contribution in [3.05, 3.63) is 53.1 Å². The Morgan fingerprint density at radius 3 is 2.51 bits per heavy atom. The fourth-order valence-electron chi connectivity index (χ4n) is 4.73. The number of ether oxygens (including phenoxy) is 2. The van der Waals surface area contributed by atoms with Crippen LogP contribution in [-0.4, -0.2) is 76.2 Å². The lowest BCUT2D eigenvalue weighted by Crippen LogP contribution is -2.35. The van der Waals surface area contributed by atoms with Crippen LogP contribution in [0.5, 0.6) is 5.75 Å². The van der Waals surface area contributed by atoms with Crippen LogP contribution in [0, 0.1) is 23.2 Å². The van der Waals surface area contributed by atoms with Gasteiger partial charge >= 0.3 is 12.3 Å². The third kappa shape index (κ3) is 5.28. The largest absolute Gasteiger partial charge is 0.484 e. The van der Waals surface area contributed by atoms with Gasteiger partial charge in [-0.25, -0.2) is 4.79 Å². The molecular weight excluding hydrogens is 493 g/mol. The van der Waals surface area contributed by atoms with Gasteiger partial charge in [-0.1, -0.05) is 11.3 Å². The van der Waals surface area contributed by atoms with E-state index in [-0.39, 0.29) is 41.2 Å². The van der Waals surface area contributed by atoms with Gasteiger partial charge in [-0.15, -0.1) is 5.10 Å². The number of H-pyrrole nitrogens is 1. The first-order chi connectivity index (χ1) is 17.7. The number of nitrogens with one attached hydrogen (secondary N) is 1. The van der Waals surface area contributed by atoms with E-state index in [2.05, 4.69) is 15.4 Å². The normalized spacial score (nSPS) is 19.1. The van der Waals surface area contributed by atoms with Gasteiger partial charge in [0.1, 0.15) is 17.9 Å². The average Bonchev–Trinajstić information content (AvgIpc) is 3.60. The zero-order chi connectivity index (χ0) is 26.2. The number of carbonyl (C=O) groups is 2. The zero-order valence-electron chi connectivity index (χ0n) is 19.4. The minimum absolute atomic E-state index is 0.0906. The molecule has 0 aliphatic carbocycles. The molecule has 192 valence electrons. The molecule has 2 aromatic carbocycles. The Labute approximate surface area is 208 Å². The fourth-order valence-corrected chi connectivity index (χ4v) is 4.73. The van der Waals surface area contributed by atoms with Crippen LogP contribution in [0.3, 0.4) is 0 Å². The topological polar surface area (TPSA) is 124 Å². The third-order valence-electron chi connectivity index (χ3n) is 6.54. The summed E-state index contributed by atoms with van der Waals surface area (Å²) in [6, 6.07) is 11.0. The maximum atomic E-state index is 13.0. The van der Waals surface area contributed by atoms with Gasteiger partial charge in [0.25, 0.3) is 5.91 Å². The summed E-state index contributed by atoms with van der Waals surface area (Å²) in [5, 5.41) is 19.4. The fraction of sp³-hybridized carbons (Fsp3) is 0.375. The van der Waals surface area contributed by atoms with E-state index in [1.807, 2.05) is 6.07 Å². The molecule has 3 heterocycles. The molecule has 2 saturated heterocycles. The van der Waals surface area contributed by atoms with Gasteiger partial charge in [0, 0.05) is 49.1 Å². The maximum absolute atomic E-state index is 13.0. The first kappa shape index (κ1) is 24.4. The number of fused-ring (bicyclic) bond motifs is 2. The minimum Gasteiger partial charge on any atom is -0.484 e. The SMILES string of the molecule is N#Cc1ccc(COC(=O)N2C[C@@H]3CN(C(=O)c4ccc5[nH]nnc5c4)C[C@H]3C2)c(OCC(F)(F)F)c1. The number of alkyl halides is 3. The molecule has 0 unspecified atom stereocenters. The number of rotatable bonds is 5. The number of aromatic amines is 1. The molecule has 2 aliphatic rings. The molecule has 5 rings (SSSR count). The van der Waals surface area contributed by atoms with Crippen molar-refractivity contribution in [1.29, 1.82) is 5.26 Å². The van der Waals surface area contributed by atoms with Crippen molar-refractivity contribution in [2.45, 2.75) is 12.8 Å². The molecule has 0 bridgehead atoms. The predicted octanol–water partition coefficient (Wildman–Crippen LogP) is 3.11. The van der Waals surface area contributed by atoms with E-state index in [0.717, 1.165) is 5.52 Å². The third-order valence-corrected chi connectivity index (χ3v) is 6.54. The highest BCUT2D eigenvalue weighted by Crippen LogP contribution is 2.33. The smallest absolute Gasteiger partial charge is 0.422 e. The second-order valence-corrected chi connectivity index (χ2v) is 9.07. The monoisotopic (exact) mass is 514 g/mol. The Hall–Kier alpha value is -4.34. The van der Waals surface area contributed by atoms with Crippen LogP contribution in [-0.2, 0) is 11.3 Å². The van der Waals surface area contributed by atoms with Gasteiger partial charge in [-0.3, -0.25) is 9.89 Å². The van der Waals surface area contributed by atoms with Crippen LogP contribution >= 0.6 is 0 Å².